The highest BCUT2D eigenvalue weighted by atomic mass is 16.5. The zero-order chi connectivity index (χ0) is 12.1. The molecule has 1 rings (SSSR count). The third-order valence-electron chi connectivity index (χ3n) is 2.36. The van der Waals surface area contributed by atoms with Crippen LogP contribution in [-0.4, -0.2) is 29.1 Å². The summed E-state index contributed by atoms with van der Waals surface area (Å²) >= 11 is 0. The van der Waals surface area contributed by atoms with E-state index in [1.54, 1.807) is 4.68 Å². The molecule has 0 fully saturated rings. The Balaban J connectivity index is 2.72. The molecular formula is C11H21N3O2. The molecule has 5 nitrogen and oxygen atoms in total. The molecule has 1 aromatic rings. The number of aromatic nitrogens is 2. The second-order valence-corrected chi connectivity index (χ2v) is 3.78. The molecule has 0 spiro atoms. The lowest BCUT2D eigenvalue weighted by atomic mass is 10.2. The summed E-state index contributed by atoms with van der Waals surface area (Å²) in [6, 6.07) is 0. The first kappa shape index (κ1) is 13.0. The molecule has 0 bridgehead atoms. The first-order chi connectivity index (χ1) is 7.60. The first-order valence-corrected chi connectivity index (χ1v) is 5.57. The van der Waals surface area contributed by atoms with E-state index in [-0.39, 0.29) is 6.10 Å². The van der Waals surface area contributed by atoms with Gasteiger partial charge >= 0.3 is 0 Å². The Morgan fingerprint density at radius 2 is 2.19 bits per heavy atom. The largest absolute Gasteiger partial charge is 0.472 e. The Kier molecular flexibility index (Phi) is 4.76. The van der Waals surface area contributed by atoms with Crippen LogP contribution in [-0.2, 0) is 18.3 Å². The second-order valence-electron chi connectivity index (χ2n) is 3.78. The van der Waals surface area contributed by atoms with Gasteiger partial charge in [-0.25, -0.2) is 4.68 Å². The van der Waals surface area contributed by atoms with Crippen LogP contribution in [0, 0.1) is 6.92 Å². The fourth-order valence-corrected chi connectivity index (χ4v) is 1.57. The second kappa shape index (κ2) is 5.86. The monoisotopic (exact) mass is 227 g/mol. The number of rotatable bonds is 6. The maximum atomic E-state index is 5.79. The van der Waals surface area contributed by atoms with E-state index >= 15 is 0 Å². The van der Waals surface area contributed by atoms with Crippen LogP contribution in [0.15, 0.2) is 0 Å². The Labute approximate surface area is 96.5 Å². The molecule has 5 heteroatoms. The summed E-state index contributed by atoms with van der Waals surface area (Å²) in [6.45, 7) is 7.58. The van der Waals surface area contributed by atoms with Crippen LogP contribution >= 0.6 is 0 Å². The Morgan fingerprint density at radius 1 is 1.50 bits per heavy atom. The predicted octanol–water partition coefficient (Wildman–Crippen LogP) is 0.991. The van der Waals surface area contributed by atoms with Crippen molar-refractivity contribution in [3.05, 3.63) is 11.3 Å². The van der Waals surface area contributed by atoms with E-state index in [0.29, 0.717) is 19.8 Å². The minimum atomic E-state index is 0.0000463. The molecule has 0 aliphatic carbocycles. The van der Waals surface area contributed by atoms with Gasteiger partial charge in [0.15, 0.2) is 0 Å². The quantitative estimate of drug-likeness (QED) is 0.787. The lowest BCUT2D eigenvalue weighted by Crippen LogP contribution is -2.21. The molecule has 1 aromatic heterocycles. The normalized spacial score (nSPS) is 12.8. The highest BCUT2D eigenvalue weighted by Crippen LogP contribution is 2.21. The lowest BCUT2D eigenvalue weighted by Gasteiger charge is -2.15. The fraction of sp³-hybridized carbons (Fsp3) is 0.727. The van der Waals surface area contributed by atoms with Crippen LogP contribution < -0.4 is 10.5 Å². The van der Waals surface area contributed by atoms with Gasteiger partial charge in [-0.1, -0.05) is 0 Å². The molecule has 0 saturated carbocycles. The van der Waals surface area contributed by atoms with E-state index in [4.69, 9.17) is 15.2 Å². The van der Waals surface area contributed by atoms with Crippen molar-refractivity contribution in [1.82, 2.24) is 9.78 Å². The molecule has 1 unspecified atom stereocenters. The summed E-state index contributed by atoms with van der Waals surface area (Å²) in [7, 11) is 1.86. The smallest absolute Gasteiger partial charge is 0.216 e. The molecule has 0 saturated heterocycles. The van der Waals surface area contributed by atoms with Crippen molar-refractivity contribution in [2.24, 2.45) is 12.8 Å². The molecule has 2 N–H and O–H groups in total. The number of hydrogen-bond donors (Lipinski definition) is 1. The van der Waals surface area contributed by atoms with Gasteiger partial charge in [-0.3, -0.25) is 0 Å². The summed E-state index contributed by atoms with van der Waals surface area (Å²) < 4.78 is 12.8. The topological polar surface area (TPSA) is 62.3 Å². The first-order valence-electron chi connectivity index (χ1n) is 5.57. The number of aryl methyl sites for hydroxylation is 2. The van der Waals surface area contributed by atoms with E-state index in [0.717, 1.165) is 17.1 Å². The molecular weight excluding hydrogens is 206 g/mol. The Morgan fingerprint density at radius 3 is 2.75 bits per heavy atom. The van der Waals surface area contributed by atoms with Crippen LogP contribution in [0.25, 0.3) is 0 Å². The Hall–Kier alpha value is -1.07. The van der Waals surface area contributed by atoms with Gasteiger partial charge in [0.1, 0.15) is 6.10 Å². The van der Waals surface area contributed by atoms with Gasteiger partial charge in [0.2, 0.25) is 5.88 Å². The van der Waals surface area contributed by atoms with Gasteiger partial charge in [0.25, 0.3) is 0 Å². The molecule has 0 radical (unpaired) electrons. The Bertz CT molecular complexity index is 336. The van der Waals surface area contributed by atoms with Gasteiger partial charge in [0, 0.05) is 20.2 Å². The third-order valence-corrected chi connectivity index (χ3v) is 2.36. The minimum Gasteiger partial charge on any atom is -0.472 e. The van der Waals surface area contributed by atoms with Crippen molar-refractivity contribution in [3.63, 3.8) is 0 Å². The van der Waals surface area contributed by atoms with Crippen LogP contribution in [0.1, 0.15) is 25.1 Å². The van der Waals surface area contributed by atoms with Gasteiger partial charge in [-0.05, 0) is 20.8 Å². The van der Waals surface area contributed by atoms with Crippen LogP contribution in [0.4, 0.5) is 0 Å². The van der Waals surface area contributed by atoms with Crippen LogP contribution in [0.3, 0.4) is 0 Å². The predicted molar refractivity (Wildman–Crippen MR) is 62.4 cm³/mol. The molecule has 1 atom stereocenters. The highest BCUT2D eigenvalue weighted by molar-refractivity contribution is 5.30. The molecule has 1 heterocycles. The van der Waals surface area contributed by atoms with E-state index in [1.807, 2.05) is 27.8 Å². The maximum absolute atomic E-state index is 5.79. The van der Waals surface area contributed by atoms with Crippen molar-refractivity contribution in [2.75, 3.05) is 13.2 Å². The van der Waals surface area contributed by atoms with E-state index in [9.17, 15) is 0 Å². The summed E-state index contributed by atoms with van der Waals surface area (Å²) in [5.74, 6) is 0.743. The number of nitrogens with two attached hydrogens (primary N) is 1. The molecule has 0 aromatic carbocycles. The minimum absolute atomic E-state index is 0.0000463. The average Bonchev–Trinajstić information content (AvgIpc) is 2.50. The van der Waals surface area contributed by atoms with E-state index < -0.39 is 0 Å². The molecule has 0 amide bonds. The maximum Gasteiger partial charge on any atom is 0.216 e. The summed E-state index contributed by atoms with van der Waals surface area (Å²) in [4.78, 5) is 0. The van der Waals surface area contributed by atoms with Crippen molar-refractivity contribution in [1.29, 1.82) is 0 Å². The molecule has 0 aliphatic rings. The third kappa shape index (κ3) is 2.96. The van der Waals surface area contributed by atoms with Crippen molar-refractivity contribution in [2.45, 2.75) is 33.4 Å². The van der Waals surface area contributed by atoms with Gasteiger partial charge in [-0.15, -0.1) is 0 Å². The summed E-state index contributed by atoms with van der Waals surface area (Å²) in [6.07, 6.45) is 0.0000463. The SMILES string of the molecule is CCOCC(C)Oc1c(CN)c(C)nn1C. The lowest BCUT2D eigenvalue weighted by molar-refractivity contribution is 0.0606. The van der Waals surface area contributed by atoms with Gasteiger partial charge in [-0.2, -0.15) is 5.10 Å². The van der Waals surface area contributed by atoms with Crippen LogP contribution in [0.2, 0.25) is 0 Å². The fourth-order valence-electron chi connectivity index (χ4n) is 1.57. The molecule has 16 heavy (non-hydrogen) atoms. The van der Waals surface area contributed by atoms with E-state index in [2.05, 4.69) is 5.10 Å². The van der Waals surface area contributed by atoms with Gasteiger partial charge < -0.3 is 15.2 Å². The summed E-state index contributed by atoms with van der Waals surface area (Å²) in [5, 5.41) is 4.29. The highest BCUT2D eigenvalue weighted by Gasteiger charge is 2.15. The number of nitrogens with zero attached hydrogens (tertiary/aromatic N) is 2. The van der Waals surface area contributed by atoms with Crippen LogP contribution in [0.5, 0.6) is 5.88 Å². The molecule has 0 aliphatic heterocycles. The number of hydrogen-bond acceptors (Lipinski definition) is 4. The standard InChI is InChI=1S/C11H21N3O2/c1-5-15-7-8(2)16-11-10(6-12)9(3)13-14(11)4/h8H,5-7,12H2,1-4H3. The number of ether oxygens (including phenoxy) is 2. The van der Waals surface area contributed by atoms with Gasteiger partial charge in [0.05, 0.1) is 17.9 Å². The van der Waals surface area contributed by atoms with Crippen molar-refractivity contribution in [3.8, 4) is 5.88 Å². The summed E-state index contributed by atoms with van der Waals surface area (Å²) in [5.41, 5.74) is 7.56. The average molecular weight is 227 g/mol. The zero-order valence-corrected chi connectivity index (χ0v) is 10.5. The van der Waals surface area contributed by atoms with Crippen molar-refractivity contribution >= 4 is 0 Å². The zero-order valence-electron chi connectivity index (χ0n) is 10.5. The molecule has 92 valence electrons. The van der Waals surface area contributed by atoms with Crippen molar-refractivity contribution < 1.29 is 9.47 Å². The van der Waals surface area contributed by atoms with E-state index in [1.165, 1.54) is 0 Å².